The molecule has 1 aliphatic heterocycles. The fourth-order valence-electron chi connectivity index (χ4n) is 4.84. The molecule has 1 aliphatic rings. The van der Waals surface area contributed by atoms with Gasteiger partial charge in [-0.3, -0.25) is 9.59 Å². The van der Waals surface area contributed by atoms with Crippen molar-refractivity contribution in [1.82, 2.24) is 4.90 Å². The zero-order valence-corrected chi connectivity index (χ0v) is 20.8. The molecule has 4 rings (SSSR count). The van der Waals surface area contributed by atoms with Gasteiger partial charge in [0.1, 0.15) is 5.58 Å². The Balaban J connectivity index is 1.84. The van der Waals surface area contributed by atoms with E-state index in [0.717, 1.165) is 36.0 Å². The smallest absolute Gasteiger partial charge is 0.290 e. The molecule has 1 atom stereocenters. The Labute approximate surface area is 205 Å². The summed E-state index contributed by atoms with van der Waals surface area (Å²) in [6, 6.07) is 8.59. The van der Waals surface area contributed by atoms with Gasteiger partial charge in [-0.1, -0.05) is 31.9 Å². The molecule has 1 unspecified atom stereocenters. The second kappa shape index (κ2) is 10.5. The van der Waals surface area contributed by atoms with Crippen molar-refractivity contribution in [3.63, 3.8) is 0 Å². The maximum Gasteiger partial charge on any atom is 0.290 e. The van der Waals surface area contributed by atoms with Crippen LogP contribution in [0.1, 0.15) is 71.5 Å². The zero-order valence-electron chi connectivity index (χ0n) is 20.8. The van der Waals surface area contributed by atoms with Crippen LogP contribution < -0.4 is 14.9 Å². The summed E-state index contributed by atoms with van der Waals surface area (Å²) in [5, 5.41) is 9.93. The molecule has 0 spiro atoms. The first-order chi connectivity index (χ1) is 16.9. The molecule has 1 amide bonds. The normalized spacial score (nSPS) is 15.1. The summed E-state index contributed by atoms with van der Waals surface area (Å²) in [5.74, 6) is 0.874. The standard InChI is InChI=1S/C28H33NO6/c1-5-6-7-13-34-20-10-9-19(16-21(20)33-4)25-24-26(31)23-18(3)14-17(2)15-22(23)35-27(24)28(32)29(25)11-8-12-30/h9-10,14-16,25,30H,5-8,11-13H2,1-4H3. The predicted octanol–water partition coefficient (Wildman–Crippen LogP) is 4.92. The first kappa shape index (κ1) is 24.8. The number of unbranched alkanes of at least 4 members (excludes halogenated alkanes) is 2. The fourth-order valence-corrected chi connectivity index (χ4v) is 4.84. The van der Waals surface area contributed by atoms with Gasteiger partial charge in [-0.25, -0.2) is 0 Å². The minimum Gasteiger partial charge on any atom is -0.493 e. The van der Waals surface area contributed by atoms with Crippen molar-refractivity contribution in [2.75, 3.05) is 26.9 Å². The predicted molar refractivity (Wildman–Crippen MR) is 135 cm³/mol. The summed E-state index contributed by atoms with van der Waals surface area (Å²) in [5.41, 5.74) is 3.02. The average molecular weight is 480 g/mol. The molecule has 2 heterocycles. The molecule has 0 saturated carbocycles. The van der Waals surface area contributed by atoms with Crippen LogP contribution in [0.5, 0.6) is 11.5 Å². The molecular weight excluding hydrogens is 446 g/mol. The molecule has 0 bridgehead atoms. The zero-order chi connectivity index (χ0) is 25.1. The van der Waals surface area contributed by atoms with E-state index < -0.39 is 6.04 Å². The Morgan fingerprint density at radius 1 is 1.06 bits per heavy atom. The highest BCUT2D eigenvalue weighted by Crippen LogP contribution is 2.41. The van der Waals surface area contributed by atoms with Crippen molar-refractivity contribution in [3.05, 3.63) is 68.6 Å². The van der Waals surface area contributed by atoms with Gasteiger partial charge >= 0.3 is 0 Å². The number of aliphatic hydroxyl groups is 1. The molecular formula is C28H33NO6. The summed E-state index contributed by atoms with van der Waals surface area (Å²) in [7, 11) is 1.57. The van der Waals surface area contributed by atoms with Crippen LogP contribution in [0.3, 0.4) is 0 Å². The number of ether oxygens (including phenoxy) is 2. The van der Waals surface area contributed by atoms with Crippen LogP contribution >= 0.6 is 0 Å². The summed E-state index contributed by atoms with van der Waals surface area (Å²) < 4.78 is 17.6. The van der Waals surface area contributed by atoms with Crippen molar-refractivity contribution in [1.29, 1.82) is 0 Å². The second-order valence-corrected chi connectivity index (χ2v) is 9.07. The second-order valence-electron chi connectivity index (χ2n) is 9.07. The molecule has 35 heavy (non-hydrogen) atoms. The van der Waals surface area contributed by atoms with Crippen LogP contribution in [0.15, 0.2) is 39.5 Å². The fraction of sp³-hybridized carbons (Fsp3) is 0.429. The average Bonchev–Trinajstić information content (AvgIpc) is 3.11. The van der Waals surface area contributed by atoms with Gasteiger partial charge in [0.05, 0.1) is 30.7 Å². The summed E-state index contributed by atoms with van der Waals surface area (Å²) in [6.07, 6.45) is 3.53. The molecule has 7 heteroatoms. The van der Waals surface area contributed by atoms with Crippen molar-refractivity contribution < 1.29 is 23.8 Å². The van der Waals surface area contributed by atoms with Crippen LogP contribution in [0, 0.1) is 13.8 Å². The number of amides is 1. The number of aryl methyl sites for hydroxylation is 2. The molecule has 3 aromatic rings. The van der Waals surface area contributed by atoms with Gasteiger partial charge in [0.25, 0.3) is 5.91 Å². The highest BCUT2D eigenvalue weighted by molar-refractivity contribution is 5.99. The van der Waals surface area contributed by atoms with Gasteiger partial charge in [-0.2, -0.15) is 0 Å². The van der Waals surface area contributed by atoms with E-state index >= 15 is 0 Å². The summed E-state index contributed by atoms with van der Waals surface area (Å²) in [6.45, 7) is 6.75. The topological polar surface area (TPSA) is 89.2 Å². The highest BCUT2D eigenvalue weighted by atomic mass is 16.5. The minimum atomic E-state index is -0.645. The van der Waals surface area contributed by atoms with E-state index in [-0.39, 0.29) is 30.2 Å². The summed E-state index contributed by atoms with van der Waals surface area (Å²) in [4.78, 5) is 28.8. The Bertz CT molecular complexity index is 1290. The molecule has 1 aromatic heterocycles. The number of carbonyl (C=O) groups is 1. The number of hydrogen-bond acceptors (Lipinski definition) is 6. The Morgan fingerprint density at radius 3 is 2.57 bits per heavy atom. The van der Waals surface area contributed by atoms with Gasteiger partial charge < -0.3 is 23.9 Å². The van der Waals surface area contributed by atoms with E-state index in [2.05, 4.69) is 6.92 Å². The number of nitrogens with zero attached hydrogens (tertiary/aromatic N) is 1. The number of methoxy groups -OCH3 is 1. The molecule has 1 N–H and O–H groups in total. The van der Waals surface area contributed by atoms with Gasteiger partial charge in [0.15, 0.2) is 16.9 Å². The van der Waals surface area contributed by atoms with Gasteiger partial charge in [-0.15, -0.1) is 0 Å². The quantitative estimate of drug-likeness (QED) is 0.416. The van der Waals surface area contributed by atoms with Crippen LogP contribution in [0.2, 0.25) is 0 Å². The maximum absolute atomic E-state index is 13.8. The van der Waals surface area contributed by atoms with E-state index in [9.17, 15) is 14.7 Å². The van der Waals surface area contributed by atoms with E-state index in [1.807, 2.05) is 38.1 Å². The monoisotopic (exact) mass is 479 g/mol. The molecule has 0 fully saturated rings. The lowest BCUT2D eigenvalue weighted by molar-refractivity contribution is 0.0716. The molecule has 0 saturated heterocycles. The van der Waals surface area contributed by atoms with Crippen molar-refractivity contribution in [2.24, 2.45) is 0 Å². The number of hydrogen-bond donors (Lipinski definition) is 1. The van der Waals surface area contributed by atoms with E-state index in [4.69, 9.17) is 13.9 Å². The third-order valence-corrected chi connectivity index (χ3v) is 6.48. The Morgan fingerprint density at radius 2 is 1.86 bits per heavy atom. The molecule has 7 nitrogen and oxygen atoms in total. The van der Waals surface area contributed by atoms with E-state index in [1.165, 1.54) is 0 Å². The van der Waals surface area contributed by atoms with E-state index in [1.54, 1.807) is 18.1 Å². The largest absolute Gasteiger partial charge is 0.493 e. The number of rotatable bonds is 10. The van der Waals surface area contributed by atoms with Crippen LogP contribution in [-0.2, 0) is 0 Å². The minimum absolute atomic E-state index is 0.0642. The number of benzene rings is 2. The Hall–Kier alpha value is -3.32. The molecule has 2 aromatic carbocycles. The lowest BCUT2D eigenvalue weighted by Gasteiger charge is -2.25. The molecule has 186 valence electrons. The van der Waals surface area contributed by atoms with Crippen LogP contribution in [0.4, 0.5) is 0 Å². The van der Waals surface area contributed by atoms with Crippen LogP contribution in [0.25, 0.3) is 11.0 Å². The van der Waals surface area contributed by atoms with E-state index in [0.29, 0.717) is 41.1 Å². The third kappa shape index (κ3) is 4.65. The van der Waals surface area contributed by atoms with Crippen LogP contribution in [-0.4, -0.2) is 42.8 Å². The number of carbonyl (C=O) groups excluding carboxylic acids is 1. The number of aliphatic hydroxyl groups excluding tert-OH is 1. The SMILES string of the molecule is CCCCCOc1ccc(C2c3c(oc4cc(C)cc(C)c4c3=O)C(=O)N2CCCO)cc1OC. The van der Waals surface area contributed by atoms with Gasteiger partial charge in [-0.05, 0) is 61.6 Å². The van der Waals surface area contributed by atoms with Crippen molar-refractivity contribution in [3.8, 4) is 11.5 Å². The third-order valence-electron chi connectivity index (χ3n) is 6.48. The highest BCUT2D eigenvalue weighted by Gasteiger charge is 2.42. The van der Waals surface area contributed by atoms with Gasteiger partial charge in [0, 0.05) is 13.2 Å². The van der Waals surface area contributed by atoms with Crippen molar-refractivity contribution >= 4 is 16.9 Å². The first-order valence-electron chi connectivity index (χ1n) is 12.2. The Kier molecular flexibility index (Phi) is 7.45. The van der Waals surface area contributed by atoms with Crippen molar-refractivity contribution in [2.45, 2.75) is 52.5 Å². The molecule has 0 radical (unpaired) electrons. The maximum atomic E-state index is 13.8. The number of fused-ring (bicyclic) bond motifs is 2. The lowest BCUT2D eigenvalue weighted by Crippen LogP contribution is -2.31. The molecule has 0 aliphatic carbocycles. The van der Waals surface area contributed by atoms with Gasteiger partial charge in [0.2, 0.25) is 5.76 Å². The lowest BCUT2D eigenvalue weighted by atomic mass is 9.96. The summed E-state index contributed by atoms with van der Waals surface area (Å²) >= 11 is 0. The first-order valence-corrected chi connectivity index (χ1v) is 12.2.